The molecular formula is C28H38N2O5. The van der Waals surface area contributed by atoms with Gasteiger partial charge in [0.15, 0.2) is 11.5 Å². The monoisotopic (exact) mass is 482 g/mol. The number of aliphatic hydroxyl groups excluding tert-OH is 1. The number of rotatable bonds is 11. The van der Waals surface area contributed by atoms with Crippen molar-refractivity contribution in [2.75, 3.05) is 54.1 Å². The third kappa shape index (κ3) is 7.47. The zero-order valence-corrected chi connectivity index (χ0v) is 21.3. The standard InChI is InChI=1S/C28H38N2O5/c1-21(16-22-10-6-5-7-11-22)19-30(15-9-14-29-13-8-12-24(31)20-29)28(32)23-17-25(33-2)27(35-4)26(18-23)34-3/h5-7,10-11,16-18,24,31H,8-9,12-15,19-20H2,1-4H3/b21-16+. The summed E-state index contributed by atoms with van der Waals surface area (Å²) in [6.07, 6.45) is 4.55. The molecule has 0 aromatic heterocycles. The van der Waals surface area contributed by atoms with Crippen LogP contribution in [-0.2, 0) is 0 Å². The van der Waals surface area contributed by atoms with Gasteiger partial charge in [-0.25, -0.2) is 0 Å². The van der Waals surface area contributed by atoms with Crippen molar-refractivity contribution in [3.63, 3.8) is 0 Å². The molecule has 1 aliphatic heterocycles. The Bertz CT molecular complexity index is 967. The van der Waals surface area contributed by atoms with E-state index in [0.29, 0.717) is 42.4 Å². The second-order valence-corrected chi connectivity index (χ2v) is 8.99. The molecule has 1 N–H and O–H groups in total. The molecule has 1 amide bonds. The van der Waals surface area contributed by atoms with Crippen molar-refractivity contribution < 1.29 is 24.1 Å². The maximum absolute atomic E-state index is 13.7. The summed E-state index contributed by atoms with van der Waals surface area (Å²) in [5.41, 5.74) is 2.68. The molecular weight excluding hydrogens is 444 g/mol. The molecule has 1 heterocycles. The number of methoxy groups -OCH3 is 3. The molecule has 0 spiro atoms. The summed E-state index contributed by atoms with van der Waals surface area (Å²) < 4.78 is 16.3. The van der Waals surface area contributed by atoms with E-state index in [2.05, 4.69) is 23.1 Å². The van der Waals surface area contributed by atoms with E-state index < -0.39 is 0 Å². The van der Waals surface area contributed by atoms with Crippen molar-refractivity contribution in [2.24, 2.45) is 0 Å². The van der Waals surface area contributed by atoms with Crippen LogP contribution in [0.2, 0.25) is 0 Å². The number of nitrogens with zero attached hydrogens (tertiary/aromatic N) is 2. The lowest BCUT2D eigenvalue weighted by molar-refractivity contribution is 0.0646. The van der Waals surface area contributed by atoms with Crippen LogP contribution in [0.15, 0.2) is 48.0 Å². The molecule has 1 unspecified atom stereocenters. The van der Waals surface area contributed by atoms with Crippen LogP contribution in [0.4, 0.5) is 0 Å². The minimum absolute atomic E-state index is 0.0938. The first-order valence-electron chi connectivity index (χ1n) is 12.2. The number of benzene rings is 2. The van der Waals surface area contributed by atoms with Gasteiger partial charge in [-0.05, 0) is 57.0 Å². The highest BCUT2D eigenvalue weighted by Gasteiger charge is 2.22. The number of ether oxygens (including phenoxy) is 3. The summed E-state index contributed by atoms with van der Waals surface area (Å²) in [6.45, 7) is 5.69. The van der Waals surface area contributed by atoms with Crippen LogP contribution in [0.5, 0.6) is 17.2 Å². The van der Waals surface area contributed by atoms with Gasteiger partial charge in [0, 0.05) is 25.2 Å². The average molecular weight is 483 g/mol. The topological polar surface area (TPSA) is 71.5 Å². The van der Waals surface area contributed by atoms with Crippen molar-refractivity contribution in [2.45, 2.75) is 32.3 Å². The van der Waals surface area contributed by atoms with E-state index in [-0.39, 0.29) is 12.0 Å². The number of β-amino-alcohol motifs (C(OH)–C–C–N with tert-alkyl or cyclic N) is 1. The third-order valence-electron chi connectivity index (χ3n) is 6.23. The Morgan fingerprint density at radius 1 is 1.11 bits per heavy atom. The van der Waals surface area contributed by atoms with Crippen LogP contribution in [-0.4, -0.2) is 81.0 Å². The Morgan fingerprint density at radius 3 is 2.40 bits per heavy atom. The summed E-state index contributed by atoms with van der Waals surface area (Å²) >= 11 is 0. The lowest BCUT2D eigenvalue weighted by Crippen LogP contribution is -2.40. The number of hydrogen-bond donors (Lipinski definition) is 1. The predicted molar refractivity (Wildman–Crippen MR) is 138 cm³/mol. The van der Waals surface area contributed by atoms with Crippen LogP contribution in [0.25, 0.3) is 6.08 Å². The fourth-order valence-electron chi connectivity index (χ4n) is 4.54. The SMILES string of the molecule is COc1cc(C(=O)N(CCCN2CCCC(O)C2)C/C(C)=C/c2ccccc2)cc(OC)c1OC. The van der Waals surface area contributed by atoms with E-state index in [4.69, 9.17) is 14.2 Å². The molecule has 7 heteroatoms. The first-order valence-corrected chi connectivity index (χ1v) is 12.2. The Morgan fingerprint density at radius 2 is 1.80 bits per heavy atom. The molecule has 1 fully saturated rings. The summed E-state index contributed by atoms with van der Waals surface area (Å²) in [4.78, 5) is 17.8. The molecule has 7 nitrogen and oxygen atoms in total. The van der Waals surface area contributed by atoms with Gasteiger partial charge in [-0.3, -0.25) is 4.79 Å². The summed E-state index contributed by atoms with van der Waals surface area (Å²) in [5, 5.41) is 9.98. The molecule has 0 saturated carbocycles. The van der Waals surface area contributed by atoms with Crippen molar-refractivity contribution in [1.29, 1.82) is 0 Å². The maximum atomic E-state index is 13.7. The fourth-order valence-corrected chi connectivity index (χ4v) is 4.54. The molecule has 0 aliphatic carbocycles. The first-order chi connectivity index (χ1) is 16.9. The van der Waals surface area contributed by atoms with Crippen LogP contribution < -0.4 is 14.2 Å². The van der Waals surface area contributed by atoms with E-state index in [1.807, 2.05) is 30.0 Å². The van der Waals surface area contributed by atoms with E-state index in [0.717, 1.165) is 43.5 Å². The van der Waals surface area contributed by atoms with Gasteiger partial charge >= 0.3 is 0 Å². The van der Waals surface area contributed by atoms with Gasteiger partial charge in [-0.2, -0.15) is 0 Å². The molecule has 1 saturated heterocycles. The highest BCUT2D eigenvalue weighted by Crippen LogP contribution is 2.38. The largest absolute Gasteiger partial charge is 0.493 e. The molecule has 0 bridgehead atoms. The smallest absolute Gasteiger partial charge is 0.254 e. The summed E-state index contributed by atoms with van der Waals surface area (Å²) in [6, 6.07) is 13.5. The number of hydrogen-bond acceptors (Lipinski definition) is 6. The minimum Gasteiger partial charge on any atom is -0.493 e. The zero-order chi connectivity index (χ0) is 25.2. The molecule has 1 aliphatic rings. The minimum atomic E-state index is -0.253. The number of likely N-dealkylation sites (tertiary alicyclic amines) is 1. The Kier molecular flexibility index (Phi) is 9.99. The highest BCUT2D eigenvalue weighted by atomic mass is 16.5. The molecule has 1 atom stereocenters. The van der Waals surface area contributed by atoms with Crippen molar-refractivity contribution in [3.8, 4) is 17.2 Å². The van der Waals surface area contributed by atoms with Gasteiger partial charge in [-0.1, -0.05) is 42.0 Å². The number of carbonyl (C=O) groups excluding carboxylic acids is 1. The lowest BCUT2D eigenvalue weighted by atomic mass is 10.1. The average Bonchev–Trinajstić information content (AvgIpc) is 2.87. The Labute approximate surface area is 208 Å². The number of carbonyl (C=O) groups is 1. The molecule has 35 heavy (non-hydrogen) atoms. The molecule has 190 valence electrons. The van der Waals surface area contributed by atoms with E-state index in [1.165, 1.54) is 0 Å². The van der Waals surface area contributed by atoms with Crippen LogP contribution in [0, 0.1) is 0 Å². The number of amides is 1. The summed E-state index contributed by atoms with van der Waals surface area (Å²) in [7, 11) is 4.63. The summed E-state index contributed by atoms with van der Waals surface area (Å²) in [5.74, 6) is 1.27. The highest BCUT2D eigenvalue weighted by molar-refractivity contribution is 5.96. The van der Waals surface area contributed by atoms with E-state index in [9.17, 15) is 9.90 Å². The van der Waals surface area contributed by atoms with E-state index in [1.54, 1.807) is 33.5 Å². The Balaban J connectivity index is 1.80. The van der Waals surface area contributed by atoms with Crippen LogP contribution in [0.1, 0.15) is 42.1 Å². The van der Waals surface area contributed by atoms with Crippen LogP contribution >= 0.6 is 0 Å². The number of piperidine rings is 1. The lowest BCUT2D eigenvalue weighted by Gasteiger charge is -2.31. The maximum Gasteiger partial charge on any atom is 0.254 e. The van der Waals surface area contributed by atoms with Crippen molar-refractivity contribution >= 4 is 12.0 Å². The zero-order valence-electron chi connectivity index (χ0n) is 21.3. The van der Waals surface area contributed by atoms with Gasteiger partial charge in [0.25, 0.3) is 5.91 Å². The van der Waals surface area contributed by atoms with Gasteiger partial charge in [0.2, 0.25) is 5.75 Å². The van der Waals surface area contributed by atoms with Crippen molar-refractivity contribution in [1.82, 2.24) is 9.80 Å². The molecule has 0 radical (unpaired) electrons. The quantitative estimate of drug-likeness (QED) is 0.520. The van der Waals surface area contributed by atoms with Gasteiger partial charge in [0.05, 0.1) is 27.4 Å². The third-order valence-corrected chi connectivity index (χ3v) is 6.23. The number of aliphatic hydroxyl groups is 1. The second kappa shape index (κ2) is 13.2. The normalized spacial score (nSPS) is 16.6. The van der Waals surface area contributed by atoms with Crippen LogP contribution in [0.3, 0.4) is 0 Å². The second-order valence-electron chi connectivity index (χ2n) is 8.99. The molecule has 2 aromatic carbocycles. The predicted octanol–water partition coefficient (Wildman–Crippen LogP) is 4.10. The van der Waals surface area contributed by atoms with E-state index >= 15 is 0 Å². The molecule has 2 aromatic rings. The van der Waals surface area contributed by atoms with Gasteiger partial charge in [-0.15, -0.1) is 0 Å². The van der Waals surface area contributed by atoms with Gasteiger partial charge < -0.3 is 29.1 Å². The van der Waals surface area contributed by atoms with Crippen molar-refractivity contribution in [3.05, 3.63) is 59.2 Å². The Hall–Kier alpha value is -3.03. The first kappa shape index (κ1) is 26.6. The van der Waals surface area contributed by atoms with Gasteiger partial charge in [0.1, 0.15) is 0 Å². The fraction of sp³-hybridized carbons (Fsp3) is 0.464. The molecule has 3 rings (SSSR count).